The topological polar surface area (TPSA) is 6.48 Å². The maximum Gasteiger partial charge on any atom is 0.0540 e. The normalized spacial score (nSPS) is 11.2. The third-order valence-electron chi connectivity index (χ3n) is 14.7. The lowest BCUT2D eigenvalue weighted by atomic mass is 9.88. The molecule has 0 amide bonds. The highest BCUT2D eigenvalue weighted by Gasteiger charge is 2.24. The van der Waals surface area contributed by atoms with Crippen LogP contribution in [-0.4, -0.2) is 0 Å². The van der Waals surface area contributed by atoms with Crippen molar-refractivity contribution in [2.24, 2.45) is 0 Å². The summed E-state index contributed by atoms with van der Waals surface area (Å²) in [6, 6.07) is 97.3. The van der Waals surface area contributed by atoms with Crippen LogP contribution in [-0.2, 0) is 0 Å². The molecule has 12 aromatic carbocycles. The average molecular weight is 949 g/mol. The van der Waals surface area contributed by atoms with Crippen LogP contribution >= 0.6 is 0 Å². The third-order valence-corrected chi connectivity index (χ3v) is 14.7. The summed E-state index contributed by atoms with van der Waals surface area (Å²) < 4.78 is 0. The number of rotatable bonds is 11. The molecule has 2 heteroatoms. The maximum atomic E-state index is 2.44. The molecule has 354 valence electrons. The van der Waals surface area contributed by atoms with Gasteiger partial charge in [0.05, 0.1) is 11.4 Å². The number of hydrogen-bond donors (Lipinski definition) is 0. The second kappa shape index (κ2) is 19.8. The summed E-state index contributed by atoms with van der Waals surface area (Å²) in [5.74, 6) is 0. The first kappa shape index (κ1) is 45.9. The summed E-state index contributed by atoms with van der Waals surface area (Å²) in [4.78, 5) is 4.88. The molecule has 0 unspecified atom stereocenters. The van der Waals surface area contributed by atoms with Gasteiger partial charge in [0.2, 0.25) is 0 Å². The molecule has 0 N–H and O–H groups in total. The fourth-order valence-electron chi connectivity index (χ4n) is 11.4. The van der Waals surface area contributed by atoms with Gasteiger partial charge in [-0.2, -0.15) is 0 Å². The smallest absolute Gasteiger partial charge is 0.0540 e. The van der Waals surface area contributed by atoms with Gasteiger partial charge in [0, 0.05) is 33.9 Å². The highest BCUT2D eigenvalue weighted by molar-refractivity contribution is 5.99. The summed E-state index contributed by atoms with van der Waals surface area (Å²) in [7, 11) is 0. The van der Waals surface area contributed by atoms with Crippen LogP contribution in [0.25, 0.3) is 77.2 Å². The second-order valence-electron chi connectivity index (χ2n) is 19.5. The molecule has 0 atom stereocenters. The molecule has 0 spiro atoms. The SMILES string of the molecule is Cc1cc(N(c2ccc(-c3cccc4ccccc34)cc2)c2ccccc2-c2ccccc2)cc(C)c1-c1c(C)cc(N(c2ccc(-c3cccc4ccccc34)cc2)c2ccccc2-c2ccccc2)cc1C. The summed E-state index contributed by atoms with van der Waals surface area (Å²) in [6.45, 7) is 9.12. The fraction of sp³-hybridized carbons (Fsp3) is 0.0556. The molecule has 0 saturated carbocycles. The molecule has 0 bridgehead atoms. The van der Waals surface area contributed by atoms with Gasteiger partial charge in [-0.3, -0.25) is 0 Å². The van der Waals surface area contributed by atoms with Crippen LogP contribution in [0.4, 0.5) is 34.1 Å². The fourth-order valence-corrected chi connectivity index (χ4v) is 11.4. The number of aryl methyl sites for hydroxylation is 4. The number of benzene rings is 12. The molecule has 12 aromatic rings. The minimum atomic E-state index is 1.10. The molecule has 0 aliphatic carbocycles. The predicted octanol–water partition coefficient (Wildman–Crippen LogP) is 20.5. The summed E-state index contributed by atoms with van der Waals surface area (Å²) >= 11 is 0. The van der Waals surface area contributed by atoms with Crippen molar-refractivity contribution in [3.05, 3.63) is 289 Å². The van der Waals surface area contributed by atoms with Gasteiger partial charge in [-0.05, 0) is 177 Å². The average Bonchev–Trinajstić information content (AvgIpc) is 3.45. The minimum Gasteiger partial charge on any atom is -0.310 e. The van der Waals surface area contributed by atoms with Crippen LogP contribution in [0.15, 0.2) is 267 Å². The van der Waals surface area contributed by atoms with Crippen LogP contribution in [0.2, 0.25) is 0 Å². The standard InChI is InChI=1S/C72H56N2/c1-49-45-61(73(69-35-17-15-31-67(69)55-21-7-5-8-22-55)59-41-37-57(38-42-59)65-33-19-27-53-25-11-13-29-63(53)65)46-50(2)71(49)72-51(3)47-62(48-52(72)4)74(70-36-18-16-32-68(70)56-23-9-6-10-24-56)60-43-39-58(40-44-60)66-34-20-28-54-26-12-14-30-64(54)66/h5-48H,1-4H3. The van der Waals surface area contributed by atoms with E-state index in [4.69, 9.17) is 0 Å². The molecule has 0 aliphatic heterocycles. The molecule has 0 radical (unpaired) electrons. The van der Waals surface area contributed by atoms with Crippen molar-refractivity contribution in [1.82, 2.24) is 0 Å². The van der Waals surface area contributed by atoms with Gasteiger partial charge in [0.1, 0.15) is 0 Å². The molecule has 0 fully saturated rings. The second-order valence-corrected chi connectivity index (χ2v) is 19.5. The Balaban J connectivity index is 0.965. The number of fused-ring (bicyclic) bond motifs is 2. The molecule has 12 rings (SSSR count). The lowest BCUT2D eigenvalue weighted by Gasteiger charge is -2.31. The maximum absolute atomic E-state index is 2.44. The van der Waals surface area contributed by atoms with E-state index >= 15 is 0 Å². The summed E-state index contributed by atoms with van der Waals surface area (Å²) in [5.41, 5.74) is 23.7. The van der Waals surface area contributed by atoms with Crippen molar-refractivity contribution < 1.29 is 0 Å². The van der Waals surface area contributed by atoms with E-state index in [1.54, 1.807) is 0 Å². The van der Waals surface area contributed by atoms with Gasteiger partial charge < -0.3 is 9.80 Å². The molecular formula is C72H56N2. The number of nitrogens with zero attached hydrogens (tertiary/aromatic N) is 2. The van der Waals surface area contributed by atoms with Crippen molar-refractivity contribution in [3.8, 4) is 55.6 Å². The van der Waals surface area contributed by atoms with Crippen molar-refractivity contribution in [2.45, 2.75) is 27.7 Å². The zero-order valence-corrected chi connectivity index (χ0v) is 42.3. The largest absolute Gasteiger partial charge is 0.310 e. The van der Waals surface area contributed by atoms with Crippen LogP contribution in [0.1, 0.15) is 22.3 Å². The van der Waals surface area contributed by atoms with E-state index in [9.17, 15) is 0 Å². The molecule has 0 aliphatic rings. The molecule has 0 saturated heterocycles. The number of para-hydroxylation sites is 2. The van der Waals surface area contributed by atoms with Crippen LogP contribution < -0.4 is 9.80 Å². The van der Waals surface area contributed by atoms with E-state index in [0.717, 1.165) is 34.1 Å². The first-order valence-electron chi connectivity index (χ1n) is 25.7. The van der Waals surface area contributed by atoms with Gasteiger partial charge in [0.15, 0.2) is 0 Å². The highest BCUT2D eigenvalue weighted by Crippen LogP contribution is 2.47. The van der Waals surface area contributed by atoms with E-state index in [0.29, 0.717) is 0 Å². The molecule has 0 aromatic heterocycles. The first-order valence-corrected chi connectivity index (χ1v) is 25.7. The molecule has 0 heterocycles. The minimum absolute atomic E-state index is 1.10. The van der Waals surface area contributed by atoms with Gasteiger partial charge in [-0.15, -0.1) is 0 Å². The quantitative estimate of drug-likeness (QED) is 0.127. The summed E-state index contributed by atoms with van der Waals surface area (Å²) in [6.07, 6.45) is 0. The number of hydrogen-bond acceptors (Lipinski definition) is 2. The van der Waals surface area contributed by atoms with E-state index in [1.165, 1.54) is 99.4 Å². The Hall–Kier alpha value is -9.24. The van der Waals surface area contributed by atoms with Gasteiger partial charge in [0.25, 0.3) is 0 Å². The van der Waals surface area contributed by atoms with Crippen molar-refractivity contribution in [2.75, 3.05) is 9.80 Å². The monoisotopic (exact) mass is 948 g/mol. The molecule has 2 nitrogen and oxygen atoms in total. The Bertz CT molecular complexity index is 3670. The lowest BCUT2D eigenvalue weighted by molar-refractivity contribution is 1.23. The van der Waals surface area contributed by atoms with Gasteiger partial charge in [-0.25, -0.2) is 0 Å². The Morgan fingerprint density at radius 1 is 0.230 bits per heavy atom. The van der Waals surface area contributed by atoms with Gasteiger partial charge in [-0.1, -0.05) is 206 Å². The van der Waals surface area contributed by atoms with E-state index in [2.05, 4.69) is 304 Å². The Kier molecular flexibility index (Phi) is 12.2. The summed E-state index contributed by atoms with van der Waals surface area (Å²) in [5, 5.41) is 5.00. The first-order chi connectivity index (χ1) is 36.4. The lowest BCUT2D eigenvalue weighted by Crippen LogP contribution is -2.13. The molecule has 74 heavy (non-hydrogen) atoms. The van der Waals surface area contributed by atoms with Crippen molar-refractivity contribution >= 4 is 55.7 Å². The van der Waals surface area contributed by atoms with Gasteiger partial charge >= 0.3 is 0 Å². The van der Waals surface area contributed by atoms with Crippen molar-refractivity contribution in [1.29, 1.82) is 0 Å². The van der Waals surface area contributed by atoms with Crippen molar-refractivity contribution in [3.63, 3.8) is 0 Å². The van der Waals surface area contributed by atoms with E-state index in [-0.39, 0.29) is 0 Å². The van der Waals surface area contributed by atoms with E-state index < -0.39 is 0 Å². The third kappa shape index (κ3) is 8.61. The van der Waals surface area contributed by atoms with Crippen LogP contribution in [0, 0.1) is 27.7 Å². The zero-order valence-electron chi connectivity index (χ0n) is 42.3. The Morgan fingerprint density at radius 2 is 0.527 bits per heavy atom. The Labute approximate surface area is 435 Å². The highest BCUT2D eigenvalue weighted by atomic mass is 15.2. The predicted molar refractivity (Wildman–Crippen MR) is 317 cm³/mol. The van der Waals surface area contributed by atoms with Crippen LogP contribution in [0.5, 0.6) is 0 Å². The number of anilines is 6. The van der Waals surface area contributed by atoms with Crippen LogP contribution in [0.3, 0.4) is 0 Å². The molecular weight excluding hydrogens is 893 g/mol. The van der Waals surface area contributed by atoms with E-state index in [1.807, 2.05) is 0 Å². The Morgan fingerprint density at radius 3 is 0.919 bits per heavy atom. The zero-order chi connectivity index (χ0) is 50.1.